The standard InChI is InChI=1S/C25H20ClN3O6S/c26-18-8-11-19(12-9-18)29-36(33,34)22-14-20(10-6-17(22)7-13-23(30)31)28-24(32)25-27-15-21(35-25)16-4-2-1-3-5-16/h1-15,29,33-34H,(H,28,32)(H,30,31)/b13-7+. The van der Waals surface area contributed by atoms with E-state index in [1.165, 1.54) is 30.5 Å². The van der Waals surface area contributed by atoms with Crippen molar-refractivity contribution in [2.45, 2.75) is 4.90 Å². The number of oxazole rings is 1. The molecule has 0 saturated carbocycles. The average molecular weight is 526 g/mol. The van der Waals surface area contributed by atoms with Crippen LogP contribution in [0, 0.1) is 0 Å². The Kier molecular flexibility index (Phi) is 7.41. The second-order valence-electron chi connectivity index (χ2n) is 7.43. The summed E-state index contributed by atoms with van der Waals surface area (Å²) in [5.41, 5.74) is 1.55. The Morgan fingerprint density at radius 1 is 0.972 bits per heavy atom. The van der Waals surface area contributed by atoms with Crippen LogP contribution in [0.1, 0.15) is 16.2 Å². The van der Waals surface area contributed by atoms with Gasteiger partial charge in [-0.05, 0) is 48.0 Å². The molecule has 4 rings (SSSR count). The van der Waals surface area contributed by atoms with E-state index in [9.17, 15) is 18.7 Å². The first-order chi connectivity index (χ1) is 17.2. The smallest absolute Gasteiger partial charge is 0.328 e. The van der Waals surface area contributed by atoms with E-state index >= 15 is 0 Å². The third-order valence-corrected chi connectivity index (χ3v) is 6.59. The molecule has 0 atom stereocenters. The van der Waals surface area contributed by atoms with Crippen molar-refractivity contribution in [3.05, 3.63) is 102 Å². The number of hydrogen-bond donors (Lipinski definition) is 5. The fraction of sp³-hybridized carbons (Fsp3) is 0. The number of carboxylic acids is 1. The highest BCUT2D eigenvalue weighted by Crippen LogP contribution is 2.50. The summed E-state index contributed by atoms with van der Waals surface area (Å²) < 4.78 is 30.1. The summed E-state index contributed by atoms with van der Waals surface area (Å²) >= 11 is 5.89. The maximum absolute atomic E-state index is 12.7. The van der Waals surface area contributed by atoms with Crippen LogP contribution in [0.25, 0.3) is 17.4 Å². The molecule has 11 heteroatoms. The van der Waals surface area contributed by atoms with Gasteiger partial charge in [0.2, 0.25) is 0 Å². The fourth-order valence-corrected chi connectivity index (χ4v) is 4.65. The predicted octanol–water partition coefficient (Wildman–Crippen LogP) is 6.48. The SMILES string of the molecule is O=C(O)/C=C/c1ccc(NC(=O)c2ncc(-c3ccccc3)o2)cc1S(O)(O)Nc1ccc(Cl)cc1. The first-order valence-electron chi connectivity index (χ1n) is 10.4. The predicted molar refractivity (Wildman–Crippen MR) is 139 cm³/mol. The molecule has 0 radical (unpaired) electrons. The van der Waals surface area contributed by atoms with E-state index in [0.29, 0.717) is 16.5 Å². The molecular formula is C25H20ClN3O6S. The quantitative estimate of drug-likeness (QED) is 0.164. The molecule has 36 heavy (non-hydrogen) atoms. The van der Waals surface area contributed by atoms with Crippen LogP contribution in [0.15, 0.2) is 94.4 Å². The van der Waals surface area contributed by atoms with Crippen LogP contribution in [0.2, 0.25) is 5.02 Å². The zero-order chi connectivity index (χ0) is 25.7. The number of carbonyl (C=O) groups is 2. The first kappa shape index (κ1) is 25.0. The second-order valence-corrected chi connectivity index (χ2v) is 9.61. The molecule has 1 amide bonds. The van der Waals surface area contributed by atoms with Crippen molar-refractivity contribution in [1.29, 1.82) is 0 Å². The van der Waals surface area contributed by atoms with Gasteiger partial charge in [0.15, 0.2) is 5.76 Å². The van der Waals surface area contributed by atoms with Gasteiger partial charge in [0.05, 0.1) is 16.8 Å². The van der Waals surface area contributed by atoms with Gasteiger partial charge in [-0.25, -0.2) is 9.78 Å². The number of anilines is 2. The first-order valence-corrected chi connectivity index (χ1v) is 12.3. The average Bonchev–Trinajstić information content (AvgIpc) is 3.36. The van der Waals surface area contributed by atoms with E-state index in [1.807, 2.05) is 30.3 Å². The van der Waals surface area contributed by atoms with Gasteiger partial charge in [-0.2, -0.15) is 0 Å². The Hall–Kier alpha value is -4.09. The minimum Gasteiger partial charge on any atom is -0.478 e. The van der Waals surface area contributed by atoms with Crippen molar-refractivity contribution in [2.24, 2.45) is 0 Å². The molecule has 0 fully saturated rings. The van der Waals surface area contributed by atoms with Crippen LogP contribution in [-0.2, 0) is 4.79 Å². The zero-order valence-corrected chi connectivity index (χ0v) is 20.0. The molecule has 0 aliphatic carbocycles. The number of aliphatic carboxylic acids is 1. The largest absolute Gasteiger partial charge is 0.478 e. The van der Waals surface area contributed by atoms with Crippen LogP contribution in [0.5, 0.6) is 0 Å². The number of carboxylic acid groups (broad SMARTS) is 1. The molecule has 1 aromatic heterocycles. The van der Waals surface area contributed by atoms with Gasteiger partial charge in [0.1, 0.15) is 0 Å². The van der Waals surface area contributed by atoms with E-state index in [-0.39, 0.29) is 22.0 Å². The van der Waals surface area contributed by atoms with Crippen LogP contribution in [0.4, 0.5) is 11.4 Å². The molecule has 0 saturated heterocycles. The number of aromatic nitrogens is 1. The molecule has 5 N–H and O–H groups in total. The number of halogens is 1. The van der Waals surface area contributed by atoms with Crippen LogP contribution in [0.3, 0.4) is 0 Å². The Bertz CT molecular complexity index is 1420. The van der Waals surface area contributed by atoms with E-state index < -0.39 is 22.7 Å². The third-order valence-electron chi connectivity index (χ3n) is 4.85. The number of nitrogens with zero attached hydrogens (tertiary/aromatic N) is 1. The van der Waals surface area contributed by atoms with Gasteiger partial charge in [-0.1, -0.05) is 58.8 Å². The number of rotatable bonds is 8. The Morgan fingerprint density at radius 2 is 1.67 bits per heavy atom. The fourth-order valence-electron chi connectivity index (χ4n) is 3.19. The van der Waals surface area contributed by atoms with Crippen LogP contribution < -0.4 is 10.0 Å². The molecule has 9 nitrogen and oxygen atoms in total. The highest BCUT2D eigenvalue weighted by Gasteiger charge is 2.21. The van der Waals surface area contributed by atoms with Crippen molar-refractivity contribution in [3.63, 3.8) is 0 Å². The maximum Gasteiger partial charge on any atom is 0.328 e. The van der Waals surface area contributed by atoms with Crippen molar-refractivity contribution < 1.29 is 28.2 Å². The van der Waals surface area contributed by atoms with Gasteiger partial charge in [-0.3, -0.25) is 18.6 Å². The molecule has 0 aliphatic heterocycles. The highest BCUT2D eigenvalue weighted by molar-refractivity contribution is 8.25. The Morgan fingerprint density at radius 3 is 2.36 bits per heavy atom. The number of hydrogen-bond acceptors (Lipinski definition) is 7. The van der Waals surface area contributed by atoms with Crippen LogP contribution >= 0.6 is 22.4 Å². The number of carbonyl (C=O) groups excluding carboxylic acids is 1. The third kappa shape index (κ3) is 6.12. The maximum atomic E-state index is 12.7. The van der Waals surface area contributed by atoms with Gasteiger partial charge in [0.25, 0.3) is 5.89 Å². The topological polar surface area (TPSA) is 145 Å². The molecule has 4 aromatic rings. The summed E-state index contributed by atoms with van der Waals surface area (Å²) in [6.45, 7) is 0. The van der Waals surface area contributed by atoms with Crippen molar-refractivity contribution in [2.75, 3.05) is 10.0 Å². The van der Waals surface area contributed by atoms with E-state index in [1.54, 1.807) is 24.3 Å². The lowest BCUT2D eigenvalue weighted by Crippen LogP contribution is -2.14. The number of amides is 1. The normalized spacial score (nSPS) is 11.9. The van der Waals surface area contributed by atoms with E-state index in [2.05, 4.69) is 15.0 Å². The van der Waals surface area contributed by atoms with Crippen molar-refractivity contribution >= 4 is 51.7 Å². The molecule has 0 aliphatic rings. The zero-order valence-electron chi connectivity index (χ0n) is 18.5. The van der Waals surface area contributed by atoms with E-state index in [4.69, 9.17) is 21.1 Å². The minimum atomic E-state index is -3.69. The molecule has 0 spiro atoms. The summed E-state index contributed by atoms with van der Waals surface area (Å²) in [6.07, 6.45) is 3.52. The number of benzene rings is 3. The molecule has 0 unspecified atom stereocenters. The van der Waals surface area contributed by atoms with Gasteiger partial charge in [0, 0.05) is 22.3 Å². The highest BCUT2D eigenvalue weighted by atomic mass is 35.5. The summed E-state index contributed by atoms with van der Waals surface area (Å²) in [5, 5.41) is 12.1. The Labute approximate surface area is 212 Å². The number of nitrogens with one attached hydrogen (secondary N) is 2. The molecule has 0 bridgehead atoms. The van der Waals surface area contributed by atoms with Gasteiger partial charge >= 0.3 is 11.9 Å². The molecule has 184 valence electrons. The monoisotopic (exact) mass is 525 g/mol. The lowest BCUT2D eigenvalue weighted by atomic mass is 10.2. The minimum absolute atomic E-state index is 0.0369. The molecule has 1 heterocycles. The summed E-state index contributed by atoms with van der Waals surface area (Å²) in [6, 6.07) is 19.7. The lowest BCUT2D eigenvalue weighted by molar-refractivity contribution is -0.131. The van der Waals surface area contributed by atoms with Crippen molar-refractivity contribution in [1.82, 2.24) is 4.98 Å². The summed E-state index contributed by atoms with van der Waals surface area (Å²) in [5.74, 6) is -1.63. The van der Waals surface area contributed by atoms with E-state index in [0.717, 1.165) is 11.6 Å². The molecular weight excluding hydrogens is 506 g/mol. The summed E-state index contributed by atoms with van der Waals surface area (Å²) in [7, 11) is -3.69. The van der Waals surface area contributed by atoms with Gasteiger partial charge < -0.3 is 14.8 Å². The van der Waals surface area contributed by atoms with Gasteiger partial charge in [-0.15, -0.1) is 0 Å². The molecule has 3 aromatic carbocycles. The summed E-state index contributed by atoms with van der Waals surface area (Å²) in [4.78, 5) is 27.7. The lowest BCUT2D eigenvalue weighted by Gasteiger charge is -2.35. The second kappa shape index (κ2) is 10.7. The van der Waals surface area contributed by atoms with Crippen LogP contribution in [-0.4, -0.2) is 31.1 Å². The van der Waals surface area contributed by atoms with Crippen molar-refractivity contribution in [3.8, 4) is 11.3 Å². The Balaban J connectivity index is 1.61.